The summed E-state index contributed by atoms with van der Waals surface area (Å²) in [6.07, 6.45) is 0.171. The van der Waals surface area contributed by atoms with Crippen LogP contribution in [0.25, 0.3) is 10.9 Å². The summed E-state index contributed by atoms with van der Waals surface area (Å²) in [7, 11) is -1.33. The second kappa shape index (κ2) is 3.78. The Morgan fingerprint density at radius 3 is 2.64 bits per heavy atom. The van der Waals surface area contributed by atoms with E-state index in [0.29, 0.717) is 5.69 Å². The summed E-state index contributed by atoms with van der Waals surface area (Å²) in [6, 6.07) is 11.5. The van der Waals surface area contributed by atoms with E-state index in [1.807, 2.05) is 36.4 Å². The molecule has 0 fully saturated rings. The molecule has 0 spiro atoms. The van der Waals surface area contributed by atoms with Crippen molar-refractivity contribution in [3.8, 4) is 0 Å². The Kier molecular flexibility index (Phi) is 2.48. The number of rotatable bonds is 2. The topological polar surface area (TPSA) is 53.4 Å². The fourth-order valence-electron chi connectivity index (χ4n) is 1.41. The van der Waals surface area contributed by atoms with Crippen molar-refractivity contribution in [1.82, 2.24) is 4.98 Å². The highest BCUT2D eigenvalue weighted by molar-refractivity contribution is 6.40. The van der Waals surface area contributed by atoms with Crippen LogP contribution in [-0.2, 0) is 6.32 Å². The molecule has 1 heterocycles. The highest BCUT2D eigenvalue weighted by Crippen LogP contribution is 2.11. The SMILES string of the molecule is OB(O)Cc1ccc2ccccc2n1. The van der Waals surface area contributed by atoms with Gasteiger partial charge < -0.3 is 10.0 Å². The molecule has 2 N–H and O–H groups in total. The molecule has 0 bridgehead atoms. The molecule has 0 unspecified atom stereocenters. The second-order valence-electron chi connectivity index (χ2n) is 3.18. The van der Waals surface area contributed by atoms with E-state index < -0.39 is 7.12 Å². The molecule has 1 aromatic heterocycles. The van der Waals surface area contributed by atoms with Crippen LogP contribution in [0.15, 0.2) is 36.4 Å². The van der Waals surface area contributed by atoms with Gasteiger partial charge in [0.05, 0.1) is 5.52 Å². The monoisotopic (exact) mass is 187 g/mol. The Bertz CT molecular complexity index is 445. The summed E-state index contributed by atoms with van der Waals surface area (Å²) in [5, 5.41) is 18.6. The molecule has 1 aromatic carbocycles. The zero-order chi connectivity index (χ0) is 9.97. The first-order chi connectivity index (χ1) is 6.75. The normalized spacial score (nSPS) is 10.4. The molecule has 0 aliphatic rings. The predicted octanol–water partition coefficient (Wildman–Crippen LogP) is 0.789. The van der Waals surface area contributed by atoms with Crippen molar-refractivity contribution in [2.75, 3.05) is 0 Å². The molecule has 3 nitrogen and oxygen atoms in total. The molecule has 0 saturated heterocycles. The third kappa shape index (κ3) is 1.92. The van der Waals surface area contributed by atoms with E-state index in [4.69, 9.17) is 10.0 Å². The summed E-state index contributed by atoms with van der Waals surface area (Å²) in [5.41, 5.74) is 1.57. The minimum Gasteiger partial charge on any atom is -0.427 e. The zero-order valence-corrected chi connectivity index (χ0v) is 7.59. The summed E-state index contributed by atoms with van der Waals surface area (Å²) in [6.45, 7) is 0. The third-order valence-corrected chi connectivity index (χ3v) is 2.05. The van der Waals surface area contributed by atoms with E-state index in [1.165, 1.54) is 0 Å². The van der Waals surface area contributed by atoms with Crippen molar-refractivity contribution in [2.24, 2.45) is 0 Å². The van der Waals surface area contributed by atoms with E-state index >= 15 is 0 Å². The number of pyridine rings is 1. The Balaban J connectivity index is 2.41. The molecule has 0 saturated carbocycles. The van der Waals surface area contributed by atoms with E-state index in [2.05, 4.69) is 4.98 Å². The molecule has 0 radical (unpaired) electrons. The average Bonchev–Trinajstić information content (AvgIpc) is 2.17. The van der Waals surface area contributed by atoms with Gasteiger partial charge in [0, 0.05) is 17.4 Å². The number of hydrogen-bond donors (Lipinski definition) is 2. The fraction of sp³-hybridized carbons (Fsp3) is 0.100. The molecule has 0 amide bonds. The molecule has 70 valence electrons. The van der Waals surface area contributed by atoms with Gasteiger partial charge in [0.1, 0.15) is 0 Å². The first-order valence-electron chi connectivity index (χ1n) is 4.46. The smallest absolute Gasteiger partial charge is 0.427 e. The van der Waals surface area contributed by atoms with Crippen LogP contribution in [0, 0.1) is 0 Å². The first kappa shape index (κ1) is 9.18. The molecule has 0 atom stereocenters. The molecule has 14 heavy (non-hydrogen) atoms. The van der Waals surface area contributed by atoms with Gasteiger partial charge in [-0.05, 0) is 12.1 Å². The van der Waals surface area contributed by atoms with Crippen molar-refractivity contribution < 1.29 is 10.0 Å². The Morgan fingerprint density at radius 2 is 1.86 bits per heavy atom. The van der Waals surface area contributed by atoms with Crippen molar-refractivity contribution in [3.05, 3.63) is 42.1 Å². The van der Waals surface area contributed by atoms with E-state index in [-0.39, 0.29) is 6.32 Å². The highest BCUT2D eigenvalue weighted by atomic mass is 16.4. The molecule has 2 rings (SSSR count). The first-order valence-corrected chi connectivity index (χ1v) is 4.46. The van der Waals surface area contributed by atoms with Gasteiger partial charge in [0.25, 0.3) is 0 Å². The lowest BCUT2D eigenvalue weighted by atomic mass is 9.84. The Morgan fingerprint density at radius 1 is 1.07 bits per heavy atom. The number of hydrogen-bond acceptors (Lipinski definition) is 3. The van der Waals surface area contributed by atoms with Crippen molar-refractivity contribution in [2.45, 2.75) is 6.32 Å². The van der Waals surface area contributed by atoms with Crippen LogP contribution in [-0.4, -0.2) is 22.2 Å². The number of aromatic nitrogens is 1. The van der Waals surface area contributed by atoms with Gasteiger partial charge >= 0.3 is 7.12 Å². The van der Waals surface area contributed by atoms with Crippen molar-refractivity contribution in [1.29, 1.82) is 0 Å². The Labute approximate surface area is 82.2 Å². The number of benzene rings is 1. The van der Waals surface area contributed by atoms with Gasteiger partial charge in [-0.25, -0.2) is 0 Å². The number of para-hydroxylation sites is 1. The summed E-state index contributed by atoms with van der Waals surface area (Å²) in [4.78, 5) is 4.30. The maximum atomic E-state index is 8.79. The quantitative estimate of drug-likeness (QED) is 0.683. The maximum Gasteiger partial charge on any atom is 0.457 e. The van der Waals surface area contributed by atoms with Gasteiger partial charge in [0.2, 0.25) is 0 Å². The lowest BCUT2D eigenvalue weighted by Gasteiger charge is -2.01. The number of fused-ring (bicyclic) bond motifs is 1. The van der Waals surface area contributed by atoms with E-state index in [0.717, 1.165) is 10.9 Å². The molecular formula is C10H10BNO2. The highest BCUT2D eigenvalue weighted by Gasteiger charge is 2.08. The minimum atomic E-state index is -1.33. The van der Waals surface area contributed by atoms with E-state index in [1.54, 1.807) is 0 Å². The van der Waals surface area contributed by atoms with Crippen LogP contribution < -0.4 is 0 Å². The standard InChI is InChI=1S/C10H10BNO2/c13-11(14)7-9-6-5-8-3-1-2-4-10(8)12-9/h1-6,13-14H,7H2. The largest absolute Gasteiger partial charge is 0.457 e. The summed E-state index contributed by atoms with van der Waals surface area (Å²) >= 11 is 0. The van der Waals surface area contributed by atoms with Gasteiger partial charge in [-0.1, -0.05) is 24.3 Å². The van der Waals surface area contributed by atoms with Crippen LogP contribution in [0.5, 0.6) is 0 Å². The van der Waals surface area contributed by atoms with Crippen molar-refractivity contribution in [3.63, 3.8) is 0 Å². The van der Waals surface area contributed by atoms with Crippen LogP contribution in [0.4, 0.5) is 0 Å². The maximum absolute atomic E-state index is 8.79. The lowest BCUT2D eigenvalue weighted by molar-refractivity contribution is 0.404. The molecule has 0 aliphatic carbocycles. The fourth-order valence-corrected chi connectivity index (χ4v) is 1.41. The van der Waals surface area contributed by atoms with Gasteiger partial charge in [-0.2, -0.15) is 0 Å². The number of nitrogens with zero attached hydrogens (tertiary/aromatic N) is 1. The van der Waals surface area contributed by atoms with Crippen LogP contribution in [0.3, 0.4) is 0 Å². The molecule has 4 heteroatoms. The van der Waals surface area contributed by atoms with E-state index in [9.17, 15) is 0 Å². The predicted molar refractivity (Wildman–Crippen MR) is 55.6 cm³/mol. The summed E-state index contributed by atoms with van der Waals surface area (Å²) < 4.78 is 0. The third-order valence-electron chi connectivity index (χ3n) is 2.05. The van der Waals surface area contributed by atoms with Gasteiger partial charge in [-0.15, -0.1) is 0 Å². The molecular weight excluding hydrogens is 177 g/mol. The van der Waals surface area contributed by atoms with Gasteiger partial charge in [0.15, 0.2) is 0 Å². The lowest BCUT2D eigenvalue weighted by Crippen LogP contribution is -2.15. The Hall–Kier alpha value is -1.39. The zero-order valence-electron chi connectivity index (χ0n) is 7.59. The molecule has 0 aliphatic heterocycles. The van der Waals surface area contributed by atoms with Crippen LogP contribution in [0.1, 0.15) is 5.69 Å². The van der Waals surface area contributed by atoms with Crippen LogP contribution >= 0.6 is 0 Å². The van der Waals surface area contributed by atoms with Crippen LogP contribution in [0.2, 0.25) is 0 Å². The summed E-state index contributed by atoms with van der Waals surface area (Å²) in [5.74, 6) is 0. The van der Waals surface area contributed by atoms with Gasteiger partial charge in [-0.3, -0.25) is 4.98 Å². The minimum absolute atomic E-state index is 0.171. The molecule has 2 aromatic rings. The second-order valence-corrected chi connectivity index (χ2v) is 3.18. The average molecular weight is 187 g/mol. The van der Waals surface area contributed by atoms with Crippen molar-refractivity contribution >= 4 is 18.0 Å².